The summed E-state index contributed by atoms with van der Waals surface area (Å²) in [5.74, 6) is -2.00. The minimum Gasteiger partial charge on any atom is -0.476 e. The number of thiazole rings is 1. The third-order valence-electron chi connectivity index (χ3n) is 0.994. The van der Waals surface area contributed by atoms with E-state index in [0.29, 0.717) is 0 Å². The van der Waals surface area contributed by atoms with E-state index >= 15 is 0 Å². The first kappa shape index (κ1) is 7.67. The fourth-order valence-corrected chi connectivity index (χ4v) is 1.20. The maximum atomic E-state index is 10.5. The van der Waals surface area contributed by atoms with Crippen LogP contribution >= 0.6 is 11.3 Å². The van der Waals surface area contributed by atoms with Gasteiger partial charge in [0.05, 0.1) is 5.51 Å². The van der Waals surface area contributed by atoms with Crippen LogP contribution in [0.15, 0.2) is 5.51 Å². The summed E-state index contributed by atoms with van der Waals surface area (Å²) >= 11 is 0.919. The van der Waals surface area contributed by atoms with Crippen LogP contribution in [0.5, 0.6) is 0 Å². The van der Waals surface area contributed by atoms with Crippen LogP contribution in [-0.2, 0) is 0 Å². The Morgan fingerprint density at radius 2 is 2.27 bits per heavy atom. The molecule has 0 spiro atoms. The molecule has 0 fully saturated rings. The molecule has 0 aliphatic heterocycles. The first-order valence-electron chi connectivity index (χ1n) is 2.59. The number of aromatic carboxylic acids is 1. The summed E-state index contributed by atoms with van der Waals surface area (Å²) < 4.78 is 0. The summed E-state index contributed by atoms with van der Waals surface area (Å²) in [5, 5.41) is 8.44. The molecule has 0 unspecified atom stereocenters. The number of hydrogen-bond donors (Lipinski definition) is 2. The molecule has 6 heteroatoms. The van der Waals surface area contributed by atoms with Gasteiger partial charge in [-0.3, -0.25) is 4.79 Å². The van der Waals surface area contributed by atoms with Crippen LogP contribution in [0.4, 0.5) is 0 Å². The lowest BCUT2D eigenvalue weighted by Gasteiger charge is -1.89. The smallest absolute Gasteiger partial charge is 0.356 e. The summed E-state index contributed by atoms with van der Waals surface area (Å²) in [6, 6.07) is 0. The van der Waals surface area contributed by atoms with Crippen molar-refractivity contribution in [3.8, 4) is 0 Å². The minimum absolute atomic E-state index is 0.0162. The fourth-order valence-electron chi connectivity index (χ4n) is 0.573. The Balaban J connectivity index is 3.16. The number of carboxylic acid groups (broad SMARTS) is 1. The molecule has 0 atom stereocenters. The largest absolute Gasteiger partial charge is 0.476 e. The van der Waals surface area contributed by atoms with Gasteiger partial charge in [-0.05, 0) is 0 Å². The van der Waals surface area contributed by atoms with Gasteiger partial charge in [0.1, 0.15) is 4.88 Å². The van der Waals surface area contributed by atoms with Crippen molar-refractivity contribution in [1.82, 2.24) is 4.98 Å². The zero-order valence-corrected chi connectivity index (χ0v) is 6.09. The molecule has 1 aromatic heterocycles. The van der Waals surface area contributed by atoms with Gasteiger partial charge in [-0.2, -0.15) is 0 Å². The zero-order valence-electron chi connectivity index (χ0n) is 5.27. The van der Waals surface area contributed by atoms with E-state index in [4.69, 9.17) is 10.8 Å². The second-order valence-electron chi connectivity index (χ2n) is 1.70. The standard InChI is InChI=1S/C5H4N2O3S/c6-4(8)3-2(5(9)10)7-1-11-3/h1H,(H2,6,8)(H,9,10). The quantitative estimate of drug-likeness (QED) is 0.653. The summed E-state index contributed by atoms with van der Waals surface area (Å²) in [6.07, 6.45) is 0. The first-order chi connectivity index (χ1) is 5.13. The van der Waals surface area contributed by atoms with E-state index in [1.165, 1.54) is 5.51 Å². The molecule has 0 aliphatic rings. The predicted molar refractivity (Wildman–Crippen MR) is 37.6 cm³/mol. The van der Waals surface area contributed by atoms with Crippen molar-refractivity contribution in [1.29, 1.82) is 0 Å². The Kier molecular flexibility index (Phi) is 1.86. The highest BCUT2D eigenvalue weighted by Gasteiger charge is 2.16. The number of hydrogen-bond acceptors (Lipinski definition) is 4. The maximum absolute atomic E-state index is 10.5. The molecular formula is C5H4N2O3S. The molecule has 5 nitrogen and oxygen atoms in total. The lowest BCUT2D eigenvalue weighted by Crippen LogP contribution is -2.13. The molecule has 1 heterocycles. The van der Waals surface area contributed by atoms with Crippen LogP contribution in [0.2, 0.25) is 0 Å². The van der Waals surface area contributed by atoms with Crippen molar-refractivity contribution < 1.29 is 14.7 Å². The van der Waals surface area contributed by atoms with Crippen LogP contribution in [-0.4, -0.2) is 22.0 Å². The Morgan fingerprint density at radius 3 is 2.64 bits per heavy atom. The Bertz CT molecular complexity index is 278. The van der Waals surface area contributed by atoms with E-state index in [-0.39, 0.29) is 10.6 Å². The predicted octanol–water partition coefficient (Wildman–Crippen LogP) is -0.0598. The number of amides is 1. The first-order valence-corrected chi connectivity index (χ1v) is 3.47. The fraction of sp³-hybridized carbons (Fsp3) is 0. The lowest BCUT2D eigenvalue weighted by molar-refractivity contribution is 0.0687. The molecule has 0 aliphatic carbocycles. The van der Waals surface area contributed by atoms with Crippen LogP contribution in [0.25, 0.3) is 0 Å². The van der Waals surface area contributed by atoms with E-state index in [2.05, 4.69) is 4.98 Å². The number of nitrogens with zero attached hydrogens (tertiary/aromatic N) is 1. The highest BCUT2D eigenvalue weighted by atomic mass is 32.1. The molecule has 0 bridgehead atoms. The second kappa shape index (κ2) is 2.67. The van der Waals surface area contributed by atoms with Gasteiger partial charge >= 0.3 is 5.97 Å². The van der Waals surface area contributed by atoms with Gasteiger partial charge in [0.15, 0.2) is 5.69 Å². The molecule has 11 heavy (non-hydrogen) atoms. The van der Waals surface area contributed by atoms with E-state index in [1.807, 2.05) is 0 Å². The van der Waals surface area contributed by atoms with E-state index in [1.54, 1.807) is 0 Å². The van der Waals surface area contributed by atoms with Gasteiger partial charge in [0.2, 0.25) is 0 Å². The van der Waals surface area contributed by atoms with Gasteiger partial charge in [-0.15, -0.1) is 11.3 Å². The number of carbonyl (C=O) groups excluding carboxylic acids is 1. The Morgan fingerprint density at radius 1 is 1.64 bits per heavy atom. The molecule has 1 rings (SSSR count). The van der Waals surface area contributed by atoms with Gasteiger partial charge in [-0.25, -0.2) is 9.78 Å². The third kappa shape index (κ3) is 1.35. The monoisotopic (exact) mass is 172 g/mol. The zero-order chi connectivity index (χ0) is 8.43. The summed E-state index contributed by atoms with van der Waals surface area (Å²) in [6.45, 7) is 0. The molecule has 3 N–H and O–H groups in total. The number of carbonyl (C=O) groups is 2. The molecule has 0 aromatic carbocycles. The van der Waals surface area contributed by atoms with Crippen molar-refractivity contribution in [2.45, 2.75) is 0 Å². The molecule has 1 amide bonds. The maximum Gasteiger partial charge on any atom is 0.356 e. The number of primary amides is 1. The normalized spacial score (nSPS) is 9.45. The van der Waals surface area contributed by atoms with Gasteiger partial charge in [-0.1, -0.05) is 0 Å². The molecule has 0 radical (unpaired) electrons. The summed E-state index contributed by atoms with van der Waals surface area (Å²) in [5.41, 5.74) is 5.86. The number of aromatic nitrogens is 1. The van der Waals surface area contributed by atoms with Crippen molar-refractivity contribution in [2.24, 2.45) is 5.73 Å². The average molecular weight is 172 g/mol. The average Bonchev–Trinajstić information content (AvgIpc) is 2.32. The van der Waals surface area contributed by atoms with Gasteiger partial charge in [0.25, 0.3) is 5.91 Å². The highest BCUT2D eigenvalue weighted by molar-refractivity contribution is 7.12. The molecule has 1 aromatic rings. The number of nitrogens with two attached hydrogens (primary N) is 1. The van der Waals surface area contributed by atoms with E-state index in [0.717, 1.165) is 11.3 Å². The Labute approximate surface area is 65.5 Å². The summed E-state index contributed by atoms with van der Waals surface area (Å²) in [7, 11) is 0. The highest BCUT2D eigenvalue weighted by Crippen LogP contribution is 2.11. The number of rotatable bonds is 2. The SMILES string of the molecule is NC(=O)c1scnc1C(=O)O. The minimum atomic E-state index is -1.24. The van der Waals surface area contributed by atoms with Crippen LogP contribution in [0, 0.1) is 0 Å². The van der Waals surface area contributed by atoms with Crippen molar-refractivity contribution in [2.75, 3.05) is 0 Å². The Hall–Kier alpha value is -1.43. The van der Waals surface area contributed by atoms with Crippen LogP contribution in [0.3, 0.4) is 0 Å². The van der Waals surface area contributed by atoms with Gasteiger partial charge in [0, 0.05) is 0 Å². The van der Waals surface area contributed by atoms with Crippen LogP contribution < -0.4 is 5.73 Å². The van der Waals surface area contributed by atoms with E-state index in [9.17, 15) is 9.59 Å². The lowest BCUT2D eigenvalue weighted by atomic mass is 10.3. The topological polar surface area (TPSA) is 93.3 Å². The van der Waals surface area contributed by atoms with Crippen molar-refractivity contribution in [3.63, 3.8) is 0 Å². The summed E-state index contributed by atoms with van der Waals surface area (Å²) in [4.78, 5) is 24.3. The van der Waals surface area contributed by atoms with Crippen LogP contribution in [0.1, 0.15) is 20.2 Å². The second-order valence-corrected chi connectivity index (χ2v) is 2.55. The van der Waals surface area contributed by atoms with E-state index < -0.39 is 11.9 Å². The van der Waals surface area contributed by atoms with Crippen molar-refractivity contribution >= 4 is 23.2 Å². The molecular weight excluding hydrogens is 168 g/mol. The molecule has 58 valence electrons. The molecule has 0 saturated carbocycles. The van der Waals surface area contributed by atoms with Crippen molar-refractivity contribution in [3.05, 3.63) is 16.1 Å². The molecule has 0 saturated heterocycles. The third-order valence-corrected chi connectivity index (χ3v) is 1.83. The number of carboxylic acids is 1. The van der Waals surface area contributed by atoms with Gasteiger partial charge < -0.3 is 10.8 Å².